The molecule has 1 aliphatic rings. The van der Waals surface area contributed by atoms with Crippen molar-refractivity contribution >= 4 is 39.2 Å². The van der Waals surface area contributed by atoms with Crippen molar-refractivity contribution in [3.05, 3.63) is 28.2 Å². The predicted molar refractivity (Wildman–Crippen MR) is 72.4 cm³/mol. The number of fused-ring (bicyclic) bond motifs is 1. The van der Waals surface area contributed by atoms with E-state index >= 15 is 0 Å². The molecule has 0 saturated carbocycles. The van der Waals surface area contributed by atoms with Gasteiger partial charge in [0.2, 0.25) is 5.91 Å². The van der Waals surface area contributed by atoms with Crippen LogP contribution in [0.1, 0.15) is 23.2 Å². The minimum atomic E-state index is -0.560. The number of nitrogens with zero attached hydrogens (tertiary/aromatic N) is 1. The van der Waals surface area contributed by atoms with Crippen molar-refractivity contribution in [2.24, 2.45) is 5.84 Å². The summed E-state index contributed by atoms with van der Waals surface area (Å²) < 4.78 is 0.687. The normalized spacial score (nSPS) is 13.7. The molecule has 0 spiro atoms. The van der Waals surface area contributed by atoms with E-state index in [1.165, 1.54) is 4.90 Å². The van der Waals surface area contributed by atoms with Crippen molar-refractivity contribution in [2.75, 3.05) is 11.4 Å². The molecule has 100 valence electrons. The molecule has 7 heteroatoms. The number of carbonyl (C=O) groups is 3. The van der Waals surface area contributed by atoms with Gasteiger partial charge in [0.05, 0.1) is 11.3 Å². The van der Waals surface area contributed by atoms with Crippen LogP contribution in [0.3, 0.4) is 0 Å². The lowest BCUT2D eigenvalue weighted by molar-refractivity contribution is -0.121. The van der Waals surface area contributed by atoms with Crippen LogP contribution in [0.5, 0.6) is 0 Å². The second-order valence-electron chi connectivity index (χ2n) is 4.09. The first-order valence-electron chi connectivity index (χ1n) is 5.70. The molecule has 0 aliphatic carbocycles. The molecule has 0 saturated heterocycles. The molecule has 1 aliphatic heterocycles. The molecule has 2 amide bonds. The zero-order valence-corrected chi connectivity index (χ0v) is 11.6. The lowest BCUT2D eigenvalue weighted by atomic mass is 10.1. The Morgan fingerprint density at radius 3 is 2.79 bits per heavy atom. The molecule has 19 heavy (non-hydrogen) atoms. The molecule has 1 aromatic rings. The first kappa shape index (κ1) is 13.7. The lowest BCUT2D eigenvalue weighted by Gasteiger charge is -2.17. The fraction of sp³-hybridized carbons (Fsp3) is 0.250. The first-order valence-corrected chi connectivity index (χ1v) is 6.49. The van der Waals surface area contributed by atoms with Crippen LogP contribution < -0.4 is 16.2 Å². The number of amides is 2. The third kappa shape index (κ3) is 2.52. The molecule has 0 radical (unpaired) electrons. The quantitative estimate of drug-likeness (QED) is 0.370. The van der Waals surface area contributed by atoms with Gasteiger partial charge in [-0.2, -0.15) is 0 Å². The summed E-state index contributed by atoms with van der Waals surface area (Å²) >= 11 is 3.33. The maximum Gasteiger partial charge on any atom is 0.299 e. The SMILES string of the molecule is NNC(=O)CCCN1C(=O)C(=O)c2cccc(Br)c21. The van der Waals surface area contributed by atoms with Crippen LogP contribution in [0.15, 0.2) is 22.7 Å². The monoisotopic (exact) mass is 325 g/mol. The van der Waals surface area contributed by atoms with E-state index in [-0.39, 0.29) is 12.3 Å². The summed E-state index contributed by atoms with van der Waals surface area (Å²) in [5.41, 5.74) is 2.99. The molecule has 0 aromatic heterocycles. The largest absolute Gasteiger partial charge is 0.304 e. The Morgan fingerprint density at radius 1 is 1.37 bits per heavy atom. The molecular formula is C12H12BrN3O3. The van der Waals surface area contributed by atoms with E-state index in [1.54, 1.807) is 18.2 Å². The highest BCUT2D eigenvalue weighted by molar-refractivity contribution is 9.10. The minimum Gasteiger partial charge on any atom is -0.304 e. The fourth-order valence-corrected chi connectivity index (χ4v) is 2.58. The number of anilines is 1. The summed E-state index contributed by atoms with van der Waals surface area (Å²) in [5.74, 6) is 3.60. The number of nitrogens with one attached hydrogen (secondary N) is 1. The highest BCUT2D eigenvalue weighted by Gasteiger charge is 2.36. The van der Waals surface area contributed by atoms with Crippen LogP contribution in [-0.2, 0) is 9.59 Å². The van der Waals surface area contributed by atoms with Gasteiger partial charge in [-0.05, 0) is 34.5 Å². The molecule has 2 rings (SSSR count). The number of hydrogen-bond donors (Lipinski definition) is 2. The highest BCUT2D eigenvalue weighted by Crippen LogP contribution is 2.35. The Kier molecular flexibility index (Phi) is 3.96. The van der Waals surface area contributed by atoms with Crippen LogP contribution >= 0.6 is 15.9 Å². The maximum absolute atomic E-state index is 11.9. The molecule has 1 heterocycles. The van der Waals surface area contributed by atoms with Crippen LogP contribution in [-0.4, -0.2) is 24.1 Å². The van der Waals surface area contributed by atoms with E-state index in [4.69, 9.17) is 5.84 Å². The number of rotatable bonds is 4. The van der Waals surface area contributed by atoms with E-state index in [9.17, 15) is 14.4 Å². The summed E-state index contributed by atoms with van der Waals surface area (Å²) in [4.78, 5) is 36.1. The number of hydrazine groups is 1. The number of benzene rings is 1. The Labute approximate surface area is 118 Å². The molecule has 6 nitrogen and oxygen atoms in total. The summed E-state index contributed by atoms with van der Waals surface area (Å²) in [6.45, 7) is 0.299. The maximum atomic E-state index is 11.9. The molecule has 0 unspecified atom stereocenters. The highest BCUT2D eigenvalue weighted by atomic mass is 79.9. The second-order valence-corrected chi connectivity index (χ2v) is 4.95. The summed E-state index contributed by atoms with van der Waals surface area (Å²) in [6.07, 6.45) is 0.636. The Bertz CT molecular complexity index is 559. The zero-order valence-electron chi connectivity index (χ0n) is 9.98. The van der Waals surface area contributed by atoms with Gasteiger partial charge >= 0.3 is 0 Å². The zero-order chi connectivity index (χ0) is 14.0. The van der Waals surface area contributed by atoms with Crippen LogP contribution in [0.4, 0.5) is 5.69 Å². The van der Waals surface area contributed by atoms with Crippen molar-refractivity contribution in [1.82, 2.24) is 5.43 Å². The van der Waals surface area contributed by atoms with E-state index in [2.05, 4.69) is 15.9 Å². The van der Waals surface area contributed by atoms with Gasteiger partial charge in [-0.15, -0.1) is 0 Å². The molecule has 3 N–H and O–H groups in total. The van der Waals surface area contributed by atoms with Crippen LogP contribution in [0, 0.1) is 0 Å². The lowest BCUT2D eigenvalue weighted by Crippen LogP contribution is -2.33. The third-order valence-corrected chi connectivity index (χ3v) is 3.53. The molecule has 0 bridgehead atoms. The average Bonchev–Trinajstić information content (AvgIpc) is 2.65. The minimum absolute atomic E-state index is 0.203. The standard InChI is InChI=1S/C12H12BrN3O3/c13-8-4-1-3-7-10(8)16(12(19)11(7)18)6-2-5-9(17)15-14/h1,3-4H,2,5-6,14H2,(H,15,17). The van der Waals surface area contributed by atoms with Gasteiger partial charge in [-0.1, -0.05) is 6.07 Å². The van der Waals surface area contributed by atoms with Crippen molar-refractivity contribution < 1.29 is 14.4 Å². The van der Waals surface area contributed by atoms with Gasteiger partial charge in [0, 0.05) is 17.4 Å². The number of Topliss-reactive ketones (excluding diaryl/α,β-unsaturated/α-hetero) is 1. The third-order valence-electron chi connectivity index (χ3n) is 2.89. The van der Waals surface area contributed by atoms with Crippen molar-refractivity contribution in [3.63, 3.8) is 0 Å². The van der Waals surface area contributed by atoms with Crippen LogP contribution in [0.25, 0.3) is 0 Å². The molecular weight excluding hydrogens is 314 g/mol. The van der Waals surface area contributed by atoms with Crippen molar-refractivity contribution in [2.45, 2.75) is 12.8 Å². The number of carbonyl (C=O) groups excluding carboxylic acids is 3. The Balaban J connectivity index is 2.17. The van der Waals surface area contributed by atoms with Crippen molar-refractivity contribution in [3.8, 4) is 0 Å². The number of nitrogens with two attached hydrogens (primary N) is 1. The predicted octanol–water partition coefficient (Wildman–Crippen LogP) is 0.749. The van der Waals surface area contributed by atoms with Gasteiger partial charge in [-0.3, -0.25) is 19.8 Å². The number of para-hydroxylation sites is 1. The summed E-state index contributed by atoms with van der Waals surface area (Å²) in [6, 6.07) is 5.09. The van der Waals surface area contributed by atoms with E-state index < -0.39 is 11.7 Å². The Hall–Kier alpha value is -1.73. The molecule has 0 atom stereocenters. The summed E-state index contributed by atoms with van der Waals surface area (Å²) in [5, 5.41) is 0. The topological polar surface area (TPSA) is 92.5 Å². The number of halogens is 1. The average molecular weight is 326 g/mol. The summed E-state index contributed by atoms with van der Waals surface area (Å²) in [7, 11) is 0. The van der Waals surface area contributed by atoms with Gasteiger partial charge < -0.3 is 4.90 Å². The molecule has 0 fully saturated rings. The van der Waals surface area contributed by atoms with Gasteiger partial charge in [0.25, 0.3) is 11.7 Å². The van der Waals surface area contributed by atoms with E-state index in [0.29, 0.717) is 28.7 Å². The smallest absolute Gasteiger partial charge is 0.299 e. The van der Waals surface area contributed by atoms with E-state index in [1.807, 2.05) is 5.43 Å². The molecule has 1 aromatic carbocycles. The van der Waals surface area contributed by atoms with Gasteiger partial charge in [-0.25, -0.2) is 5.84 Å². The number of ketones is 1. The van der Waals surface area contributed by atoms with Gasteiger partial charge in [0.1, 0.15) is 0 Å². The van der Waals surface area contributed by atoms with Crippen LogP contribution in [0.2, 0.25) is 0 Å². The second kappa shape index (κ2) is 5.50. The van der Waals surface area contributed by atoms with Crippen molar-refractivity contribution in [1.29, 1.82) is 0 Å². The Morgan fingerprint density at radius 2 is 2.11 bits per heavy atom. The fourth-order valence-electron chi connectivity index (χ4n) is 2.00. The van der Waals surface area contributed by atoms with Gasteiger partial charge in [0.15, 0.2) is 0 Å². The van der Waals surface area contributed by atoms with E-state index in [0.717, 1.165) is 0 Å². The first-order chi connectivity index (χ1) is 9.06. The number of hydrogen-bond acceptors (Lipinski definition) is 4.